The van der Waals surface area contributed by atoms with Crippen LogP contribution in [-0.2, 0) is 25.6 Å². The number of carboxylic acid groups (broad SMARTS) is 1. The normalized spacial score (nSPS) is 18.6. The molecule has 1 aromatic heterocycles. The average Bonchev–Trinajstić information content (AvgIpc) is 3.44. The van der Waals surface area contributed by atoms with Crippen LogP contribution in [0.1, 0.15) is 44.7 Å². The second-order valence-electron chi connectivity index (χ2n) is 7.99. The van der Waals surface area contributed by atoms with Gasteiger partial charge in [-0.25, -0.2) is 4.98 Å². The molecule has 0 bridgehead atoms. The zero-order valence-corrected chi connectivity index (χ0v) is 18.3. The lowest BCUT2D eigenvalue weighted by Gasteiger charge is -2.28. The van der Waals surface area contributed by atoms with E-state index >= 15 is 0 Å². The Balaban J connectivity index is 2.07. The summed E-state index contributed by atoms with van der Waals surface area (Å²) in [4.78, 5) is 57.8. The fourth-order valence-electron chi connectivity index (χ4n) is 3.62. The number of rotatable bonds is 12. The highest BCUT2D eigenvalue weighted by molar-refractivity contribution is 5.94. The maximum Gasteiger partial charge on any atom is 0.325 e. The maximum atomic E-state index is 13.0. The van der Waals surface area contributed by atoms with E-state index in [4.69, 9.17) is 16.6 Å². The van der Waals surface area contributed by atoms with Crippen molar-refractivity contribution < 1.29 is 24.3 Å². The number of nitrogens with zero attached hydrogens (tertiary/aromatic N) is 2. The molecule has 12 heteroatoms. The van der Waals surface area contributed by atoms with E-state index in [-0.39, 0.29) is 12.3 Å². The standard InChI is InChI=1S/C20H33N7O5/c1-12(20(31)32)25-17(28)15(9-13-10-23-11-24-13)26-18(29)16-6-4-8-27(16)19(30)14(22)5-2-3-7-21/h10-12,14-16H,2-9,21-22H2,1H3,(H,23,24)(H,25,28)(H,26,29)(H,31,32). The molecule has 4 unspecified atom stereocenters. The van der Waals surface area contributed by atoms with E-state index < -0.39 is 42.0 Å². The first kappa shape index (κ1) is 25.3. The third kappa shape index (κ3) is 7.02. The van der Waals surface area contributed by atoms with Crippen LogP contribution in [0.2, 0.25) is 0 Å². The molecule has 32 heavy (non-hydrogen) atoms. The molecule has 0 aromatic carbocycles. The zero-order chi connectivity index (χ0) is 23.7. The van der Waals surface area contributed by atoms with Gasteiger partial charge in [0, 0.05) is 24.9 Å². The van der Waals surface area contributed by atoms with Gasteiger partial charge in [-0.05, 0) is 39.2 Å². The van der Waals surface area contributed by atoms with Crippen molar-refractivity contribution in [2.24, 2.45) is 11.5 Å². The summed E-state index contributed by atoms with van der Waals surface area (Å²) >= 11 is 0. The van der Waals surface area contributed by atoms with Crippen LogP contribution in [0.5, 0.6) is 0 Å². The molecule has 1 fully saturated rings. The Morgan fingerprint density at radius 1 is 1.31 bits per heavy atom. The first-order valence-corrected chi connectivity index (χ1v) is 10.8. The molecule has 8 N–H and O–H groups in total. The number of aromatic nitrogens is 2. The molecule has 2 heterocycles. The number of imidazole rings is 1. The Morgan fingerprint density at radius 3 is 2.69 bits per heavy atom. The van der Waals surface area contributed by atoms with Gasteiger partial charge in [-0.1, -0.05) is 6.42 Å². The summed E-state index contributed by atoms with van der Waals surface area (Å²) in [5.74, 6) is -2.61. The molecule has 3 amide bonds. The van der Waals surface area contributed by atoms with Gasteiger partial charge in [-0.15, -0.1) is 0 Å². The number of nitrogens with two attached hydrogens (primary N) is 2. The first-order valence-electron chi connectivity index (χ1n) is 10.8. The van der Waals surface area contributed by atoms with Crippen molar-refractivity contribution in [3.05, 3.63) is 18.2 Å². The van der Waals surface area contributed by atoms with Gasteiger partial charge in [-0.3, -0.25) is 19.2 Å². The van der Waals surface area contributed by atoms with Gasteiger partial charge in [0.25, 0.3) is 0 Å². The van der Waals surface area contributed by atoms with Crippen LogP contribution in [0, 0.1) is 0 Å². The monoisotopic (exact) mass is 451 g/mol. The number of aliphatic carboxylic acids is 1. The van der Waals surface area contributed by atoms with E-state index in [1.807, 2.05) is 0 Å². The Labute approximate surface area is 186 Å². The lowest BCUT2D eigenvalue weighted by atomic mass is 10.1. The predicted molar refractivity (Wildman–Crippen MR) is 115 cm³/mol. The SMILES string of the molecule is CC(NC(=O)C(Cc1cnc[nH]1)NC(=O)C1CCCN1C(=O)C(N)CCCCN)C(=O)O. The van der Waals surface area contributed by atoms with Crippen molar-refractivity contribution in [3.8, 4) is 0 Å². The van der Waals surface area contributed by atoms with E-state index in [0.717, 1.165) is 12.8 Å². The van der Waals surface area contributed by atoms with Crippen LogP contribution in [0.4, 0.5) is 0 Å². The molecule has 1 aromatic rings. The van der Waals surface area contributed by atoms with Crippen molar-refractivity contribution in [3.63, 3.8) is 0 Å². The van der Waals surface area contributed by atoms with Crippen LogP contribution < -0.4 is 22.1 Å². The number of hydrogen-bond acceptors (Lipinski definition) is 7. The summed E-state index contributed by atoms with van der Waals surface area (Å²) in [5, 5.41) is 14.1. The highest BCUT2D eigenvalue weighted by Crippen LogP contribution is 2.19. The van der Waals surface area contributed by atoms with Gasteiger partial charge >= 0.3 is 5.97 Å². The summed E-state index contributed by atoms with van der Waals surface area (Å²) in [6.45, 7) is 2.27. The minimum absolute atomic E-state index is 0.0865. The number of amides is 3. The number of likely N-dealkylation sites (tertiary alicyclic amines) is 1. The molecular formula is C20H33N7O5. The number of carbonyl (C=O) groups excluding carboxylic acids is 3. The molecule has 178 valence electrons. The molecule has 0 spiro atoms. The van der Waals surface area contributed by atoms with Crippen molar-refractivity contribution >= 4 is 23.7 Å². The highest BCUT2D eigenvalue weighted by Gasteiger charge is 2.37. The lowest BCUT2D eigenvalue weighted by molar-refractivity contribution is -0.142. The third-order valence-electron chi connectivity index (χ3n) is 5.47. The Morgan fingerprint density at radius 2 is 2.06 bits per heavy atom. The largest absolute Gasteiger partial charge is 0.480 e. The molecule has 1 aliphatic rings. The van der Waals surface area contributed by atoms with Gasteiger partial charge in [-0.2, -0.15) is 0 Å². The van der Waals surface area contributed by atoms with E-state index in [0.29, 0.717) is 38.0 Å². The second kappa shape index (κ2) is 12.2. The number of unbranched alkanes of at least 4 members (excludes halogenated alkanes) is 1. The van der Waals surface area contributed by atoms with E-state index in [9.17, 15) is 19.2 Å². The second-order valence-corrected chi connectivity index (χ2v) is 7.99. The van der Waals surface area contributed by atoms with Crippen LogP contribution in [0.25, 0.3) is 0 Å². The number of H-pyrrole nitrogens is 1. The maximum absolute atomic E-state index is 13.0. The molecule has 0 aliphatic carbocycles. The van der Waals surface area contributed by atoms with E-state index in [1.54, 1.807) is 0 Å². The molecule has 0 radical (unpaired) electrons. The summed E-state index contributed by atoms with van der Waals surface area (Å²) in [5.41, 5.74) is 12.1. The predicted octanol–water partition coefficient (Wildman–Crippen LogP) is -1.53. The Kier molecular flexibility index (Phi) is 9.60. The topological polar surface area (TPSA) is 197 Å². The molecular weight excluding hydrogens is 418 g/mol. The van der Waals surface area contributed by atoms with Crippen LogP contribution in [0.15, 0.2) is 12.5 Å². The molecule has 4 atom stereocenters. The number of carboxylic acids is 1. The average molecular weight is 452 g/mol. The van der Waals surface area contributed by atoms with E-state index in [1.165, 1.54) is 24.3 Å². The van der Waals surface area contributed by atoms with Crippen molar-refractivity contribution in [2.75, 3.05) is 13.1 Å². The van der Waals surface area contributed by atoms with Crippen molar-refractivity contribution in [2.45, 2.75) is 69.6 Å². The Bertz CT molecular complexity index is 785. The molecule has 12 nitrogen and oxygen atoms in total. The van der Waals surface area contributed by atoms with Gasteiger partial charge in [0.15, 0.2) is 0 Å². The summed E-state index contributed by atoms with van der Waals surface area (Å²) in [7, 11) is 0. The number of hydrogen-bond donors (Lipinski definition) is 6. The minimum atomic E-state index is -1.19. The fourth-order valence-corrected chi connectivity index (χ4v) is 3.62. The number of carbonyl (C=O) groups is 4. The minimum Gasteiger partial charge on any atom is -0.480 e. The van der Waals surface area contributed by atoms with Crippen LogP contribution in [0.3, 0.4) is 0 Å². The van der Waals surface area contributed by atoms with Gasteiger partial charge in [0.1, 0.15) is 18.1 Å². The van der Waals surface area contributed by atoms with Gasteiger partial charge in [0.05, 0.1) is 12.4 Å². The summed E-state index contributed by atoms with van der Waals surface area (Å²) in [6, 6.07) is -3.62. The van der Waals surface area contributed by atoms with Crippen molar-refractivity contribution in [1.29, 1.82) is 0 Å². The van der Waals surface area contributed by atoms with Crippen LogP contribution in [-0.4, -0.2) is 80.9 Å². The zero-order valence-electron chi connectivity index (χ0n) is 18.3. The quantitative estimate of drug-likeness (QED) is 0.206. The Hall–Kier alpha value is -2.99. The summed E-state index contributed by atoms with van der Waals surface area (Å²) < 4.78 is 0. The van der Waals surface area contributed by atoms with Gasteiger partial charge < -0.3 is 37.1 Å². The summed E-state index contributed by atoms with van der Waals surface area (Å²) in [6.07, 6.45) is 6.12. The molecule has 2 rings (SSSR count). The molecule has 1 saturated heterocycles. The first-order chi connectivity index (χ1) is 15.2. The lowest BCUT2D eigenvalue weighted by Crippen LogP contribution is -2.56. The third-order valence-corrected chi connectivity index (χ3v) is 5.47. The number of nitrogens with one attached hydrogen (secondary N) is 3. The number of aromatic amines is 1. The van der Waals surface area contributed by atoms with Crippen LogP contribution >= 0.6 is 0 Å². The smallest absolute Gasteiger partial charge is 0.325 e. The fraction of sp³-hybridized carbons (Fsp3) is 0.650. The van der Waals surface area contributed by atoms with Crippen molar-refractivity contribution in [1.82, 2.24) is 25.5 Å². The molecule has 0 saturated carbocycles. The van der Waals surface area contributed by atoms with E-state index in [2.05, 4.69) is 20.6 Å². The highest BCUT2D eigenvalue weighted by atomic mass is 16.4. The molecule has 1 aliphatic heterocycles. The van der Waals surface area contributed by atoms with Gasteiger partial charge in [0.2, 0.25) is 17.7 Å².